The molecular formula is C42H52N4O7Si. The van der Waals surface area contributed by atoms with Crippen LogP contribution in [0.4, 0.5) is 11.4 Å². The normalized spacial score (nSPS) is 35.6. The van der Waals surface area contributed by atoms with Crippen molar-refractivity contribution in [3.05, 3.63) is 53.1 Å². The summed E-state index contributed by atoms with van der Waals surface area (Å²) in [5.41, 5.74) is -0.133. The molecule has 12 heteroatoms. The Hall–Kier alpha value is -3.87. The number of anilines is 2. The van der Waals surface area contributed by atoms with E-state index in [4.69, 9.17) is 18.6 Å². The summed E-state index contributed by atoms with van der Waals surface area (Å²) in [5.74, 6) is 1.52. The van der Waals surface area contributed by atoms with Gasteiger partial charge in [-0.05, 0) is 73.6 Å². The zero-order valence-corrected chi connectivity index (χ0v) is 33.4. The molecule has 0 saturated carbocycles. The van der Waals surface area contributed by atoms with Crippen LogP contribution in [0.3, 0.4) is 0 Å². The molecule has 2 aromatic carbocycles. The molecule has 7 aliphatic heterocycles. The van der Waals surface area contributed by atoms with Gasteiger partial charge >= 0.3 is 5.97 Å². The number of nitrogens with zero attached hydrogens (tertiary/aromatic N) is 3. The van der Waals surface area contributed by atoms with E-state index in [0.29, 0.717) is 48.7 Å². The minimum absolute atomic E-state index is 0.0449. The number of ether oxygens (including phenoxy) is 3. The molecule has 2 bridgehead atoms. The smallest absolute Gasteiger partial charge is 0.308 e. The molecule has 286 valence electrons. The summed E-state index contributed by atoms with van der Waals surface area (Å²) in [6.45, 7) is 8.81. The van der Waals surface area contributed by atoms with E-state index in [1.54, 1.807) is 19.1 Å². The number of ketones is 1. The van der Waals surface area contributed by atoms with E-state index >= 15 is 4.79 Å². The number of rotatable bonds is 8. The summed E-state index contributed by atoms with van der Waals surface area (Å²) >= 11 is 0. The number of benzene rings is 2. The van der Waals surface area contributed by atoms with Gasteiger partial charge in [-0.25, -0.2) is 0 Å². The first-order valence-electron chi connectivity index (χ1n) is 20.2. The Morgan fingerprint density at radius 3 is 2.44 bits per heavy atom. The number of piperidine rings is 2. The second kappa shape index (κ2) is 11.1. The molecule has 2 aromatic rings. The maximum Gasteiger partial charge on any atom is 0.308 e. The summed E-state index contributed by atoms with van der Waals surface area (Å²) in [4.78, 5) is 50.0. The van der Waals surface area contributed by atoms with Gasteiger partial charge in [0.1, 0.15) is 5.75 Å². The van der Waals surface area contributed by atoms with Crippen LogP contribution in [-0.2, 0) is 30.0 Å². The van der Waals surface area contributed by atoms with Crippen LogP contribution in [-0.4, -0.2) is 89.2 Å². The summed E-state index contributed by atoms with van der Waals surface area (Å²) in [5, 5.41) is 3.60. The van der Waals surface area contributed by atoms with Crippen LogP contribution in [0.25, 0.3) is 0 Å². The lowest BCUT2D eigenvalue weighted by molar-refractivity contribution is -0.207. The van der Waals surface area contributed by atoms with Crippen LogP contribution in [0.1, 0.15) is 82.4 Å². The highest BCUT2D eigenvalue weighted by atomic mass is 28.4. The highest BCUT2D eigenvalue weighted by molar-refractivity contribution is 6.74. The molecule has 7 heterocycles. The summed E-state index contributed by atoms with van der Waals surface area (Å²) in [7, 11) is 3.23. The number of Topliss-reactive ketones (excluding diaryl/α,β-unsaturated/α-hetero) is 1. The first kappa shape index (κ1) is 34.6. The van der Waals surface area contributed by atoms with Gasteiger partial charge in [0.25, 0.3) is 8.32 Å². The van der Waals surface area contributed by atoms with Gasteiger partial charge in [0.15, 0.2) is 28.7 Å². The maximum absolute atomic E-state index is 15.8. The third-order valence-corrected chi connectivity index (χ3v) is 20.2. The number of carbonyl (C=O) groups is 3. The molecule has 3 spiro atoms. The lowest BCUT2D eigenvalue weighted by Gasteiger charge is -2.59. The number of para-hydroxylation sites is 1. The maximum atomic E-state index is 15.8. The third kappa shape index (κ3) is 3.57. The average Bonchev–Trinajstić information content (AvgIpc) is 3.87. The molecule has 5 saturated heterocycles. The van der Waals surface area contributed by atoms with Crippen LogP contribution in [0.15, 0.2) is 36.4 Å². The Labute approximate surface area is 318 Å². The molecular weight excluding hydrogens is 701 g/mol. The number of nitrogens with one attached hydrogen (secondary N) is 1. The van der Waals surface area contributed by atoms with Crippen LogP contribution in [0.2, 0.25) is 18.1 Å². The van der Waals surface area contributed by atoms with Gasteiger partial charge in [-0.2, -0.15) is 0 Å². The van der Waals surface area contributed by atoms with Crippen LogP contribution >= 0.6 is 0 Å². The predicted molar refractivity (Wildman–Crippen MR) is 206 cm³/mol. The van der Waals surface area contributed by atoms with Crippen molar-refractivity contribution in [3.63, 3.8) is 0 Å². The quantitative estimate of drug-likeness (QED) is 0.210. The van der Waals surface area contributed by atoms with Crippen LogP contribution < -0.4 is 29.0 Å². The molecule has 0 unspecified atom stereocenters. The molecule has 6 atom stereocenters. The van der Waals surface area contributed by atoms with E-state index in [-0.39, 0.29) is 30.1 Å². The van der Waals surface area contributed by atoms with E-state index in [0.717, 1.165) is 72.9 Å². The molecule has 5 fully saturated rings. The van der Waals surface area contributed by atoms with Crippen molar-refractivity contribution in [2.24, 2.45) is 5.41 Å². The van der Waals surface area contributed by atoms with E-state index in [1.807, 2.05) is 18.2 Å². The van der Waals surface area contributed by atoms with Crippen molar-refractivity contribution in [2.75, 3.05) is 50.7 Å². The number of methoxy groups -OCH3 is 2. The molecule has 1 N–H and O–H groups in total. The van der Waals surface area contributed by atoms with Crippen molar-refractivity contribution < 1.29 is 33.0 Å². The SMILES string of the molecule is CC[Si](CC)(CC)Oc1cccc2c1N1C(=O)CC[C@]13NCC[C@@]2(c1cc2c(c(OC)c1OC)N(C)[C@@H]1C=C[C@@]45CCCN6CC[C@@]21[C@]64OC(=O)C5)C3=O. The highest BCUT2D eigenvalue weighted by Gasteiger charge is 2.81. The summed E-state index contributed by atoms with van der Waals surface area (Å²) < 4.78 is 26.8. The molecule has 0 aromatic heterocycles. The lowest BCUT2D eigenvalue weighted by Crippen LogP contribution is -2.73. The second-order valence-corrected chi connectivity index (χ2v) is 21.8. The summed E-state index contributed by atoms with van der Waals surface area (Å²) in [6.07, 6.45) is 8.75. The standard InChI is InChI=1S/C42H52N4O7Si/c1-7-54(8-2,9-3)53-29-13-10-12-26-33(29)46-31(47)15-18-41(46)37(49)39(26,19-21-43-41)28-24-27-34(36(51-6)35(28)50-5)44(4)30-14-17-38-16-11-22-45-23-20-40(27,30)42(38,45)52-32(48)25-38/h10,12-14,17,24,30,43H,7-9,11,15-16,18-23,25H2,1-6H3/t30-,38-,39-,40-,41+,42+/m1/s1. The second-order valence-electron chi connectivity index (χ2n) is 17.1. The van der Waals surface area contributed by atoms with Crippen molar-refractivity contribution >= 4 is 37.4 Å². The Kier molecular flexibility index (Phi) is 7.13. The number of likely N-dealkylation sites (N-methyl/N-ethyl adjacent to an activating group) is 1. The third-order valence-electron chi connectivity index (χ3n) is 15.7. The van der Waals surface area contributed by atoms with Crippen molar-refractivity contribution in [1.29, 1.82) is 0 Å². The highest BCUT2D eigenvalue weighted by Crippen LogP contribution is 2.73. The topological polar surface area (TPSA) is 110 Å². The Morgan fingerprint density at radius 2 is 1.70 bits per heavy atom. The molecule has 1 amide bonds. The first-order valence-corrected chi connectivity index (χ1v) is 22.7. The van der Waals surface area contributed by atoms with Crippen molar-refractivity contribution in [1.82, 2.24) is 10.2 Å². The Morgan fingerprint density at radius 1 is 0.926 bits per heavy atom. The van der Waals surface area contributed by atoms with Gasteiger partial charge in [-0.1, -0.05) is 45.1 Å². The van der Waals surface area contributed by atoms with Gasteiger partial charge in [0.2, 0.25) is 5.91 Å². The summed E-state index contributed by atoms with van der Waals surface area (Å²) in [6, 6.07) is 11.0. The van der Waals surface area contributed by atoms with Gasteiger partial charge in [0, 0.05) is 38.5 Å². The molecule has 10 rings (SSSR count). The fourth-order valence-electron chi connectivity index (χ4n) is 13.2. The Bertz CT molecular complexity index is 2060. The van der Waals surface area contributed by atoms with Crippen LogP contribution in [0, 0.1) is 5.41 Å². The van der Waals surface area contributed by atoms with E-state index < -0.39 is 36.0 Å². The zero-order valence-electron chi connectivity index (χ0n) is 32.4. The fraction of sp³-hybridized carbons (Fsp3) is 0.595. The molecule has 54 heavy (non-hydrogen) atoms. The number of esters is 1. The van der Waals surface area contributed by atoms with Gasteiger partial charge < -0.3 is 23.5 Å². The zero-order chi connectivity index (χ0) is 37.6. The first-order chi connectivity index (χ1) is 26.0. The average molecular weight is 753 g/mol. The van der Waals surface area contributed by atoms with Gasteiger partial charge in [-0.3, -0.25) is 29.5 Å². The minimum atomic E-state index is -2.21. The number of fused-ring (bicyclic) bond motifs is 5. The monoisotopic (exact) mass is 752 g/mol. The van der Waals surface area contributed by atoms with Crippen molar-refractivity contribution in [2.45, 2.75) is 112 Å². The molecule has 1 aliphatic carbocycles. The fourth-order valence-corrected chi connectivity index (χ4v) is 15.8. The molecule has 0 radical (unpaired) electrons. The number of hydrogen-bond acceptors (Lipinski definition) is 10. The van der Waals surface area contributed by atoms with Crippen molar-refractivity contribution in [3.8, 4) is 17.2 Å². The molecule has 11 nitrogen and oxygen atoms in total. The lowest BCUT2D eigenvalue weighted by atomic mass is 9.52. The number of amides is 1. The number of hydrogen-bond donors (Lipinski definition) is 1. The van der Waals surface area contributed by atoms with Gasteiger partial charge in [0.05, 0.1) is 54.3 Å². The Balaban J connectivity index is 1.29. The minimum Gasteiger partial charge on any atom is -0.542 e. The van der Waals surface area contributed by atoms with E-state index in [9.17, 15) is 9.59 Å². The van der Waals surface area contributed by atoms with E-state index in [1.165, 1.54) is 0 Å². The number of carbonyl (C=O) groups excluding carboxylic acids is 3. The van der Waals surface area contributed by atoms with E-state index in [2.05, 4.69) is 61.2 Å². The predicted octanol–water partition coefficient (Wildman–Crippen LogP) is 5.53. The van der Waals surface area contributed by atoms with Crippen LogP contribution in [0.5, 0.6) is 17.2 Å². The molecule has 8 aliphatic rings. The largest absolute Gasteiger partial charge is 0.542 e. The van der Waals surface area contributed by atoms with Gasteiger partial charge in [-0.15, -0.1) is 0 Å².